The van der Waals surface area contributed by atoms with Gasteiger partial charge >= 0.3 is 0 Å². The van der Waals surface area contributed by atoms with Crippen LogP contribution in [0.4, 0.5) is 5.95 Å². The first-order valence-electron chi connectivity index (χ1n) is 7.50. The third-order valence-corrected chi connectivity index (χ3v) is 4.23. The van der Waals surface area contributed by atoms with E-state index in [1.54, 1.807) is 17.1 Å². The highest BCUT2D eigenvalue weighted by Gasteiger charge is 2.38. The lowest BCUT2D eigenvalue weighted by Gasteiger charge is -2.33. The molecule has 4 rings (SSSR count). The highest BCUT2D eigenvalue weighted by Crippen LogP contribution is 2.40. The van der Waals surface area contributed by atoms with Crippen LogP contribution in [-0.4, -0.2) is 25.5 Å². The molecule has 0 bridgehead atoms. The van der Waals surface area contributed by atoms with E-state index in [1.165, 1.54) is 0 Å². The zero-order chi connectivity index (χ0) is 15.3. The SMILES string of the molecule is Cc1nc2n(n1)[C@H](c1cccnc1)C1=C(C[C@H](C)CC1=O)N2. The van der Waals surface area contributed by atoms with Crippen LogP contribution in [0.15, 0.2) is 35.8 Å². The Morgan fingerprint density at radius 1 is 1.36 bits per heavy atom. The van der Waals surface area contributed by atoms with Crippen molar-refractivity contribution in [2.45, 2.75) is 32.7 Å². The number of carbonyl (C=O) groups is 1. The molecule has 1 aliphatic carbocycles. The summed E-state index contributed by atoms with van der Waals surface area (Å²) in [6, 6.07) is 3.64. The van der Waals surface area contributed by atoms with E-state index in [0.717, 1.165) is 23.3 Å². The average molecular weight is 295 g/mol. The number of ketones is 1. The molecule has 0 radical (unpaired) electrons. The Kier molecular flexibility index (Phi) is 2.85. The van der Waals surface area contributed by atoms with E-state index in [0.29, 0.717) is 24.1 Å². The largest absolute Gasteiger partial charge is 0.328 e. The lowest BCUT2D eigenvalue weighted by molar-refractivity contribution is -0.117. The van der Waals surface area contributed by atoms with E-state index in [4.69, 9.17) is 0 Å². The summed E-state index contributed by atoms with van der Waals surface area (Å²) in [5, 5.41) is 7.79. The van der Waals surface area contributed by atoms with E-state index in [1.807, 2.05) is 19.1 Å². The molecular formula is C16H17N5O. The van der Waals surface area contributed by atoms with E-state index >= 15 is 0 Å². The monoisotopic (exact) mass is 295 g/mol. The number of aromatic nitrogens is 4. The summed E-state index contributed by atoms with van der Waals surface area (Å²) in [7, 11) is 0. The minimum atomic E-state index is -0.235. The first kappa shape index (κ1) is 13.2. The quantitative estimate of drug-likeness (QED) is 0.873. The van der Waals surface area contributed by atoms with Crippen molar-refractivity contribution in [1.29, 1.82) is 0 Å². The normalized spacial score (nSPS) is 23.8. The number of Topliss-reactive ketones (excluding diaryl/α,β-unsaturated/α-hetero) is 1. The second-order valence-corrected chi connectivity index (χ2v) is 6.07. The topological polar surface area (TPSA) is 72.7 Å². The summed E-state index contributed by atoms with van der Waals surface area (Å²) < 4.78 is 1.80. The summed E-state index contributed by atoms with van der Waals surface area (Å²) in [6.45, 7) is 3.96. The van der Waals surface area contributed by atoms with Gasteiger partial charge in [0.05, 0.1) is 0 Å². The Balaban J connectivity index is 1.92. The molecule has 0 unspecified atom stereocenters. The van der Waals surface area contributed by atoms with Crippen LogP contribution in [0, 0.1) is 12.8 Å². The first-order chi connectivity index (χ1) is 10.6. The first-order valence-corrected chi connectivity index (χ1v) is 7.50. The number of allylic oxidation sites excluding steroid dienone is 2. The highest BCUT2D eigenvalue weighted by molar-refractivity contribution is 5.99. The van der Waals surface area contributed by atoms with E-state index < -0.39 is 0 Å². The molecule has 2 aromatic heterocycles. The lowest BCUT2D eigenvalue weighted by atomic mass is 9.81. The lowest BCUT2D eigenvalue weighted by Crippen LogP contribution is -2.33. The minimum Gasteiger partial charge on any atom is -0.328 e. The number of hydrogen-bond acceptors (Lipinski definition) is 5. The maximum absolute atomic E-state index is 12.7. The summed E-state index contributed by atoms with van der Waals surface area (Å²) in [5.74, 6) is 1.93. The van der Waals surface area contributed by atoms with Gasteiger partial charge in [-0.3, -0.25) is 9.78 Å². The number of nitrogens with one attached hydrogen (secondary N) is 1. The van der Waals surface area contributed by atoms with Gasteiger partial charge in [0.15, 0.2) is 5.78 Å². The van der Waals surface area contributed by atoms with Crippen molar-refractivity contribution in [3.05, 3.63) is 47.2 Å². The molecule has 2 aromatic rings. The number of nitrogens with zero attached hydrogens (tertiary/aromatic N) is 4. The Morgan fingerprint density at radius 3 is 3.00 bits per heavy atom. The Hall–Kier alpha value is -2.50. The molecule has 1 N–H and O–H groups in total. The number of carbonyl (C=O) groups excluding carboxylic acids is 1. The molecule has 3 heterocycles. The number of anilines is 1. The molecule has 6 heteroatoms. The number of fused-ring (bicyclic) bond motifs is 1. The van der Waals surface area contributed by atoms with Gasteiger partial charge in [-0.2, -0.15) is 10.1 Å². The van der Waals surface area contributed by atoms with E-state index in [2.05, 4.69) is 27.3 Å². The number of hydrogen-bond donors (Lipinski definition) is 1. The molecule has 0 aromatic carbocycles. The van der Waals surface area contributed by atoms with E-state index in [-0.39, 0.29) is 11.8 Å². The van der Waals surface area contributed by atoms with Crippen LogP contribution in [-0.2, 0) is 4.79 Å². The second-order valence-electron chi connectivity index (χ2n) is 6.07. The Bertz CT molecular complexity index is 777. The van der Waals surface area contributed by atoms with Crippen LogP contribution < -0.4 is 5.32 Å². The van der Waals surface area contributed by atoms with Crippen LogP contribution >= 0.6 is 0 Å². The van der Waals surface area contributed by atoms with Crippen LogP contribution in [0.3, 0.4) is 0 Å². The zero-order valence-electron chi connectivity index (χ0n) is 12.6. The number of rotatable bonds is 1. The van der Waals surface area contributed by atoms with Gasteiger partial charge in [0.1, 0.15) is 11.9 Å². The van der Waals surface area contributed by atoms with Crippen LogP contribution in [0.2, 0.25) is 0 Å². The Morgan fingerprint density at radius 2 is 2.23 bits per heavy atom. The van der Waals surface area contributed by atoms with Crippen molar-refractivity contribution < 1.29 is 4.79 Å². The van der Waals surface area contributed by atoms with Crippen molar-refractivity contribution >= 4 is 11.7 Å². The molecule has 0 spiro atoms. The molecule has 0 fully saturated rings. The third kappa shape index (κ3) is 1.94. The van der Waals surface area contributed by atoms with Gasteiger partial charge in [0.2, 0.25) is 5.95 Å². The predicted molar refractivity (Wildman–Crippen MR) is 81.2 cm³/mol. The zero-order valence-corrected chi connectivity index (χ0v) is 12.6. The molecular weight excluding hydrogens is 278 g/mol. The molecule has 112 valence electrons. The number of aryl methyl sites for hydroxylation is 1. The molecule has 0 amide bonds. The second kappa shape index (κ2) is 4.76. The maximum atomic E-state index is 12.7. The Labute approximate surface area is 128 Å². The smallest absolute Gasteiger partial charge is 0.226 e. The highest BCUT2D eigenvalue weighted by atomic mass is 16.1. The summed E-state index contributed by atoms with van der Waals surface area (Å²) in [4.78, 5) is 21.3. The van der Waals surface area contributed by atoms with Crippen LogP contribution in [0.1, 0.15) is 37.2 Å². The molecule has 22 heavy (non-hydrogen) atoms. The fourth-order valence-electron chi connectivity index (χ4n) is 3.36. The van der Waals surface area contributed by atoms with Gasteiger partial charge in [0, 0.05) is 30.1 Å². The minimum absolute atomic E-state index is 0.189. The van der Waals surface area contributed by atoms with Crippen molar-refractivity contribution in [2.75, 3.05) is 5.32 Å². The number of pyridine rings is 1. The standard InChI is InChI=1S/C16H17N5O/c1-9-6-12-14(13(22)7-9)15(11-4-3-5-17-8-11)21-16(19-12)18-10(2)20-21/h3-5,8-9,15H,6-7H2,1-2H3,(H,18,19,20)/t9-,15+/m0/s1. The van der Waals surface area contributed by atoms with E-state index in [9.17, 15) is 4.79 Å². The van der Waals surface area contributed by atoms with Gasteiger partial charge in [-0.05, 0) is 30.9 Å². The third-order valence-electron chi connectivity index (χ3n) is 4.23. The van der Waals surface area contributed by atoms with Gasteiger partial charge in [-0.1, -0.05) is 13.0 Å². The molecule has 0 saturated heterocycles. The molecule has 0 saturated carbocycles. The van der Waals surface area contributed by atoms with Crippen molar-refractivity contribution in [3.63, 3.8) is 0 Å². The molecule has 6 nitrogen and oxygen atoms in total. The van der Waals surface area contributed by atoms with Crippen LogP contribution in [0.25, 0.3) is 0 Å². The summed E-state index contributed by atoms with van der Waals surface area (Å²) in [6.07, 6.45) is 4.98. The molecule has 1 aliphatic heterocycles. The van der Waals surface area contributed by atoms with Gasteiger partial charge < -0.3 is 5.32 Å². The fourth-order valence-corrected chi connectivity index (χ4v) is 3.36. The van der Waals surface area contributed by atoms with Crippen molar-refractivity contribution in [1.82, 2.24) is 19.7 Å². The predicted octanol–water partition coefficient (Wildman–Crippen LogP) is 2.25. The van der Waals surface area contributed by atoms with Crippen molar-refractivity contribution in [3.8, 4) is 0 Å². The van der Waals surface area contributed by atoms with Crippen molar-refractivity contribution in [2.24, 2.45) is 5.92 Å². The van der Waals surface area contributed by atoms with Gasteiger partial charge in [0.25, 0.3) is 0 Å². The summed E-state index contributed by atoms with van der Waals surface area (Å²) in [5.41, 5.74) is 2.76. The maximum Gasteiger partial charge on any atom is 0.226 e. The molecule has 2 aliphatic rings. The molecule has 2 atom stereocenters. The average Bonchev–Trinajstić information content (AvgIpc) is 2.85. The summed E-state index contributed by atoms with van der Waals surface area (Å²) >= 11 is 0. The van der Waals surface area contributed by atoms with Gasteiger partial charge in [-0.25, -0.2) is 4.68 Å². The van der Waals surface area contributed by atoms with Crippen LogP contribution in [0.5, 0.6) is 0 Å². The fraction of sp³-hybridized carbons (Fsp3) is 0.375. The van der Waals surface area contributed by atoms with Gasteiger partial charge in [-0.15, -0.1) is 0 Å².